The molecular weight excluding hydrogens is 365 g/mol. The van der Waals surface area contributed by atoms with Gasteiger partial charge in [0.15, 0.2) is 5.82 Å². The van der Waals surface area contributed by atoms with Crippen LogP contribution in [0.25, 0.3) is 0 Å². The number of rotatable bonds is 4. The summed E-state index contributed by atoms with van der Waals surface area (Å²) >= 11 is 0. The number of furan rings is 1. The maximum atomic E-state index is 12.6. The predicted molar refractivity (Wildman–Crippen MR) is 100 cm³/mol. The Hall–Kier alpha value is -1.83. The summed E-state index contributed by atoms with van der Waals surface area (Å²) in [5.74, 6) is 1.43. The zero-order chi connectivity index (χ0) is 16.2. The van der Waals surface area contributed by atoms with Crippen molar-refractivity contribution in [2.45, 2.75) is 25.4 Å². The number of carbonyl (C=O) groups excluding carboxylic acids is 1. The van der Waals surface area contributed by atoms with Crippen LogP contribution in [0.4, 0.5) is 5.82 Å². The molecule has 3 rings (SSSR count). The molecule has 2 aromatic rings. The fourth-order valence-corrected chi connectivity index (χ4v) is 2.91. The smallest absolute Gasteiger partial charge is 0.257 e. The van der Waals surface area contributed by atoms with E-state index < -0.39 is 0 Å². The summed E-state index contributed by atoms with van der Waals surface area (Å²) in [6.07, 6.45) is 5.12. The number of amides is 1. The highest BCUT2D eigenvalue weighted by Crippen LogP contribution is 2.21. The van der Waals surface area contributed by atoms with Crippen LogP contribution in [0.5, 0.6) is 0 Å². The van der Waals surface area contributed by atoms with Crippen molar-refractivity contribution in [3.63, 3.8) is 0 Å². The Bertz CT molecular complexity index is 668. The average Bonchev–Trinajstić information content (AvgIpc) is 3.10. The highest BCUT2D eigenvalue weighted by molar-refractivity contribution is 5.94. The summed E-state index contributed by atoms with van der Waals surface area (Å²) in [5.41, 5.74) is 6.07. The largest absolute Gasteiger partial charge is 0.467 e. The van der Waals surface area contributed by atoms with E-state index in [9.17, 15) is 4.79 Å². The van der Waals surface area contributed by atoms with Crippen LogP contribution in [0.1, 0.15) is 29.0 Å². The minimum atomic E-state index is -0.0422. The molecule has 2 aromatic heterocycles. The van der Waals surface area contributed by atoms with E-state index in [2.05, 4.69) is 15.1 Å². The molecule has 2 N–H and O–H groups in total. The molecule has 0 radical (unpaired) electrons. The van der Waals surface area contributed by atoms with Crippen molar-refractivity contribution in [1.29, 1.82) is 0 Å². The highest BCUT2D eigenvalue weighted by atomic mass is 35.5. The lowest BCUT2D eigenvalue weighted by Gasteiger charge is -2.37. The lowest BCUT2D eigenvalue weighted by molar-refractivity contribution is 0.0716. The molecule has 0 saturated carbocycles. The summed E-state index contributed by atoms with van der Waals surface area (Å²) in [7, 11) is 1.84. The van der Waals surface area contributed by atoms with Crippen LogP contribution in [0.15, 0.2) is 35.1 Å². The van der Waals surface area contributed by atoms with E-state index in [0.29, 0.717) is 17.9 Å². The van der Waals surface area contributed by atoms with Crippen molar-refractivity contribution in [2.75, 3.05) is 25.0 Å². The maximum absolute atomic E-state index is 12.6. The third kappa shape index (κ3) is 4.84. The molecule has 1 amide bonds. The van der Waals surface area contributed by atoms with Crippen LogP contribution >= 0.6 is 24.8 Å². The van der Waals surface area contributed by atoms with Crippen LogP contribution in [-0.4, -0.2) is 47.2 Å². The van der Waals surface area contributed by atoms with Crippen molar-refractivity contribution >= 4 is 36.5 Å². The van der Waals surface area contributed by atoms with Gasteiger partial charge in [0.1, 0.15) is 12.0 Å². The van der Waals surface area contributed by atoms with Gasteiger partial charge >= 0.3 is 0 Å². The molecule has 1 aliphatic heterocycles. The van der Waals surface area contributed by atoms with E-state index in [1.165, 1.54) is 6.26 Å². The molecule has 7 nitrogen and oxygen atoms in total. The standard InChI is InChI=1S/C16H21N5O2.2ClH/c1-20(16(22)12-8-14(9-17)23-11-12)13-4-3-7-21(10-13)15-5-2-6-18-19-15;;/h2,5-6,8,11,13H,3-4,7,9-10,17H2,1H3;2*1H. The van der Waals surface area contributed by atoms with Crippen molar-refractivity contribution in [1.82, 2.24) is 15.1 Å². The molecule has 1 aliphatic rings. The molecule has 1 fully saturated rings. The molecule has 25 heavy (non-hydrogen) atoms. The van der Waals surface area contributed by atoms with Gasteiger partial charge in [-0.25, -0.2) is 0 Å². The van der Waals surface area contributed by atoms with E-state index >= 15 is 0 Å². The Morgan fingerprint density at radius 1 is 1.48 bits per heavy atom. The molecule has 1 unspecified atom stereocenters. The van der Waals surface area contributed by atoms with E-state index in [4.69, 9.17) is 10.2 Å². The second kappa shape index (κ2) is 9.60. The van der Waals surface area contributed by atoms with Gasteiger partial charge in [0.25, 0.3) is 5.91 Å². The Balaban J connectivity index is 0.00000156. The first-order chi connectivity index (χ1) is 11.2. The number of nitrogens with two attached hydrogens (primary N) is 1. The monoisotopic (exact) mass is 387 g/mol. The van der Waals surface area contributed by atoms with Crippen LogP contribution in [-0.2, 0) is 6.54 Å². The normalized spacial score (nSPS) is 16.6. The number of carbonyl (C=O) groups is 1. The van der Waals surface area contributed by atoms with Gasteiger partial charge in [0.2, 0.25) is 0 Å². The van der Waals surface area contributed by atoms with Crippen LogP contribution in [0.2, 0.25) is 0 Å². The van der Waals surface area contributed by atoms with Gasteiger partial charge in [-0.3, -0.25) is 4.79 Å². The number of anilines is 1. The number of piperidine rings is 1. The quantitative estimate of drug-likeness (QED) is 0.863. The molecule has 0 spiro atoms. The van der Waals surface area contributed by atoms with E-state index in [1.54, 1.807) is 17.2 Å². The second-order valence-electron chi connectivity index (χ2n) is 5.75. The number of aromatic nitrogens is 2. The predicted octanol–water partition coefficient (Wildman–Crippen LogP) is 2.11. The number of hydrogen-bond acceptors (Lipinski definition) is 6. The fraction of sp³-hybridized carbons (Fsp3) is 0.438. The third-order valence-electron chi connectivity index (χ3n) is 4.25. The SMILES string of the molecule is CN(C(=O)c1coc(CN)c1)C1CCCN(c2cccnn2)C1.Cl.Cl. The Morgan fingerprint density at radius 3 is 2.92 bits per heavy atom. The van der Waals surface area contributed by atoms with Gasteiger partial charge in [-0.15, -0.1) is 29.9 Å². The van der Waals surface area contributed by atoms with Gasteiger partial charge in [-0.1, -0.05) is 0 Å². The first-order valence-electron chi connectivity index (χ1n) is 7.76. The molecule has 9 heteroatoms. The zero-order valence-corrected chi connectivity index (χ0v) is 15.6. The first-order valence-corrected chi connectivity index (χ1v) is 7.76. The van der Waals surface area contributed by atoms with Crippen LogP contribution in [0.3, 0.4) is 0 Å². The third-order valence-corrected chi connectivity index (χ3v) is 4.25. The number of likely N-dealkylation sites (N-methyl/N-ethyl adjacent to an activating group) is 1. The fourth-order valence-electron chi connectivity index (χ4n) is 2.91. The van der Waals surface area contributed by atoms with E-state index in [-0.39, 0.29) is 36.8 Å². The maximum Gasteiger partial charge on any atom is 0.257 e. The molecule has 1 saturated heterocycles. The minimum Gasteiger partial charge on any atom is -0.467 e. The average molecular weight is 388 g/mol. The molecule has 138 valence electrons. The number of halogens is 2. The molecular formula is C16H23Cl2N5O2. The topological polar surface area (TPSA) is 88.5 Å². The lowest BCUT2D eigenvalue weighted by atomic mass is 10.0. The highest BCUT2D eigenvalue weighted by Gasteiger charge is 2.28. The Labute approximate surface area is 159 Å². The van der Waals surface area contributed by atoms with Gasteiger partial charge < -0.3 is 20.0 Å². The van der Waals surface area contributed by atoms with Gasteiger partial charge in [0.05, 0.1) is 12.1 Å². The second-order valence-corrected chi connectivity index (χ2v) is 5.75. The van der Waals surface area contributed by atoms with Gasteiger partial charge in [-0.2, -0.15) is 5.10 Å². The van der Waals surface area contributed by atoms with Crippen molar-refractivity contribution in [3.8, 4) is 0 Å². The Kier molecular flexibility index (Phi) is 8.15. The Morgan fingerprint density at radius 2 is 2.28 bits per heavy atom. The molecule has 0 bridgehead atoms. The summed E-state index contributed by atoms with van der Waals surface area (Å²) in [6.45, 7) is 1.98. The zero-order valence-electron chi connectivity index (χ0n) is 14.0. The number of nitrogens with zero attached hydrogens (tertiary/aromatic N) is 4. The summed E-state index contributed by atoms with van der Waals surface area (Å²) in [6, 6.07) is 5.67. The molecule has 3 heterocycles. The summed E-state index contributed by atoms with van der Waals surface area (Å²) in [4.78, 5) is 16.6. The van der Waals surface area contributed by atoms with Crippen molar-refractivity contribution < 1.29 is 9.21 Å². The summed E-state index contributed by atoms with van der Waals surface area (Å²) in [5, 5.41) is 8.09. The van der Waals surface area contributed by atoms with Crippen LogP contribution < -0.4 is 10.6 Å². The van der Waals surface area contributed by atoms with Gasteiger partial charge in [0, 0.05) is 32.4 Å². The molecule has 0 aliphatic carbocycles. The van der Waals surface area contributed by atoms with Crippen LogP contribution in [0, 0.1) is 0 Å². The summed E-state index contributed by atoms with van der Waals surface area (Å²) < 4.78 is 5.26. The molecule has 1 atom stereocenters. The van der Waals surface area contributed by atoms with Crippen molar-refractivity contribution in [3.05, 3.63) is 42.0 Å². The first kappa shape index (κ1) is 21.2. The number of hydrogen-bond donors (Lipinski definition) is 1. The van der Waals surface area contributed by atoms with E-state index in [1.807, 2.05) is 19.2 Å². The molecule has 0 aromatic carbocycles. The lowest BCUT2D eigenvalue weighted by Crippen LogP contribution is -2.48. The van der Waals surface area contributed by atoms with Crippen molar-refractivity contribution in [2.24, 2.45) is 5.73 Å². The minimum absolute atomic E-state index is 0. The van der Waals surface area contributed by atoms with E-state index in [0.717, 1.165) is 31.7 Å². The van der Waals surface area contributed by atoms with Gasteiger partial charge in [-0.05, 0) is 31.0 Å².